The standard InChI is InChI=1S/C16H17Br3ClNO/c1-14(2)15(12(18)19)6-7-16(14,11(15)17)13(22)21-10-5-3-4-9(20)8-10/h3-5,8,11-12H,6-7H2,1-2H3,(H,21,22)/t11-,15-,16-/m0/s1. The summed E-state index contributed by atoms with van der Waals surface area (Å²) in [4.78, 5) is 13.2. The quantitative estimate of drug-likeness (QED) is 0.496. The van der Waals surface area contributed by atoms with Crippen molar-refractivity contribution < 1.29 is 4.79 Å². The molecule has 2 nitrogen and oxygen atoms in total. The first-order valence-electron chi connectivity index (χ1n) is 7.19. The van der Waals surface area contributed by atoms with Gasteiger partial charge in [-0.3, -0.25) is 4.79 Å². The van der Waals surface area contributed by atoms with Gasteiger partial charge in [-0.15, -0.1) is 0 Å². The highest BCUT2D eigenvalue weighted by Gasteiger charge is 2.83. The SMILES string of the molecule is CC1(C)[C@@]2(C(=O)Nc3cccc(Cl)c3)CC[C@@]1(C(Br)Br)[C@@H]2Br. The maximum absolute atomic E-state index is 13.1. The average Bonchev–Trinajstić information content (AvgIpc) is 2.88. The number of carbonyl (C=O) groups excluding carboxylic acids is 1. The molecule has 22 heavy (non-hydrogen) atoms. The lowest BCUT2D eigenvalue weighted by Crippen LogP contribution is -2.71. The number of anilines is 1. The fourth-order valence-electron chi connectivity index (χ4n) is 4.51. The molecule has 3 saturated carbocycles. The molecule has 2 bridgehead atoms. The molecular weight excluding hydrogens is 497 g/mol. The summed E-state index contributed by atoms with van der Waals surface area (Å²) in [5, 5.41) is 3.69. The third-order valence-electron chi connectivity index (χ3n) is 5.97. The number of hydrogen-bond acceptors (Lipinski definition) is 1. The third-order valence-corrected chi connectivity index (χ3v) is 9.44. The first-order chi connectivity index (χ1) is 10.2. The highest BCUT2D eigenvalue weighted by atomic mass is 79.9. The lowest BCUT2D eigenvalue weighted by molar-refractivity contribution is -0.155. The van der Waals surface area contributed by atoms with Crippen LogP contribution in [-0.4, -0.2) is 14.5 Å². The Labute approximate surface area is 161 Å². The van der Waals surface area contributed by atoms with E-state index in [4.69, 9.17) is 11.6 Å². The van der Waals surface area contributed by atoms with Crippen molar-refractivity contribution in [3.8, 4) is 0 Å². The smallest absolute Gasteiger partial charge is 0.232 e. The van der Waals surface area contributed by atoms with Crippen LogP contribution in [-0.2, 0) is 4.79 Å². The van der Waals surface area contributed by atoms with Gasteiger partial charge in [0.25, 0.3) is 0 Å². The molecule has 1 aromatic carbocycles. The van der Waals surface area contributed by atoms with Gasteiger partial charge in [-0.25, -0.2) is 0 Å². The van der Waals surface area contributed by atoms with Crippen LogP contribution in [0, 0.1) is 16.2 Å². The largest absolute Gasteiger partial charge is 0.326 e. The Kier molecular flexibility index (Phi) is 4.29. The van der Waals surface area contributed by atoms with E-state index in [0.717, 1.165) is 18.5 Å². The molecule has 1 aromatic rings. The maximum Gasteiger partial charge on any atom is 0.232 e. The highest BCUT2D eigenvalue weighted by Crippen LogP contribution is 2.82. The minimum absolute atomic E-state index is 0.0404. The minimum Gasteiger partial charge on any atom is -0.326 e. The zero-order valence-electron chi connectivity index (χ0n) is 12.3. The zero-order valence-corrected chi connectivity index (χ0v) is 17.8. The highest BCUT2D eigenvalue weighted by molar-refractivity contribution is 9.24. The van der Waals surface area contributed by atoms with Gasteiger partial charge in [-0.05, 0) is 36.5 Å². The van der Waals surface area contributed by atoms with Gasteiger partial charge in [0.15, 0.2) is 0 Å². The summed E-state index contributed by atoms with van der Waals surface area (Å²) >= 11 is 17.2. The molecule has 3 aliphatic carbocycles. The van der Waals surface area contributed by atoms with Crippen molar-refractivity contribution in [1.29, 1.82) is 0 Å². The van der Waals surface area contributed by atoms with Crippen LogP contribution in [0.5, 0.6) is 0 Å². The molecule has 120 valence electrons. The third kappa shape index (κ3) is 1.91. The van der Waals surface area contributed by atoms with Crippen LogP contribution in [0.2, 0.25) is 5.02 Å². The lowest BCUT2D eigenvalue weighted by Gasteiger charge is -2.66. The summed E-state index contributed by atoms with van der Waals surface area (Å²) in [6.45, 7) is 4.40. The number of rotatable bonds is 3. The van der Waals surface area contributed by atoms with Crippen LogP contribution >= 0.6 is 59.4 Å². The summed E-state index contributed by atoms with van der Waals surface area (Å²) in [6, 6.07) is 7.30. The van der Waals surface area contributed by atoms with E-state index in [-0.39, 0.29) is 25.3 Å². The number of hydrogen-bond donors (Lipinski definition) is 1. The predicted octanol–water partition coefficient (Wildman–Crippen LogP) is 5.96. The fourth-order valence-corrected chi connectivity index (χ4v) is 9.61. The molecule has 3 atom stereocenters. The monoisotopic (exact) mass is 511 g/mol. The number of halogens is 4. The lowest BCUT2D eigenvalue weighted by atomic mass is 9.43. The summed E-state index contributed by atoms with van der Waals surface area (Å²) in [5.74, 6) is 0.0791. The Balaban J connectivity index is 1.91. The maximum atomic E-state index is 13.1. The molecule has 0 spiro atoms. The zero-order chi connectivity index (χ0) is 16.3. The summed E-state index contributed by atoms with van der Waals surface area (Å²) in [5.41, 5.74) is 0.295. The number of alkyl halides is 3. The molecule has 0 heterocycles. The molecule has 0 radical (unpaired) electrons. The molecule has 6 heteroatoms. The van der Waals surface area contributed by atoms with E-state index in [9.17, 15) is 4.79 Å². The topological polar surface area (TPSA) is 29.1 Å². The van der Waals surface area contributed by atoms with Crippen molar-refractivity contribution in [2.75, 3.05) is 5.32 Å². The van der Waals surface area contributed by atoms with Gasteiger partial charge in [0.1, 0.15) is 0 Å². The van der Waals surface area contributed by atoms with Crippen LogP contribution < -0.4 is 5.32 Å². The van der Waals surface area contributed by atoms with E-state index in [2.05, 4.69) is 67.0 Å². The Hall–Kier alpha value is 0.420. The van der Waals surface area contributed by atoms with Crippen molar-refractivity contribution >= 4 is 71.0 Å². The van der Waals surface area contributed by atoms with Crippen molar-refractivity contribution in [2.24, 2.45) is 16.2 Å². The second kappa shape index (κ2) is 5.47. The van der Waals surface area contributed by atoms with E-state index < -0.39 is 5.41 Å². The molecule has 0 aromatic heterocycles. The number of nitrogens with one attached hydrogen (secondary N) is 1. The van der Waals surface area contributed by atoms with Crippen molar-refractivity contribution in [1.82, 2.24) is 0 Å². The van der Waals surface area contributed by atoms with Gasteiger partial charge in [0.2, 0.25) is 5.91 Å². The molecule has 1 amide bonds. The number of amides is 1. The van der Waals surface area contributed by atoms with Gasteiger partial charge in [-0.2, -0.15) is 0 Å². The van der Waals surface area contributed by atoms with E-state index in [0.29, 0.717) is 5.02 Å². The average molecular weight is 514 g/mol. The Morgan fingerprint density at radius 1 is 1.36 bits per heavy atom. The molecule has 0 aliphatic heterocycles. The van der Waals surface area contributed by atoms with Gasteiger partial charge in [-0.1, -0.05) is 79.3 Å². The summed E-state index contributed by atoms with van der Waals surface area (Å²) in [6.07, 6.45) is 1.90. The number of carbonyl (C=O) groups is 1. The van der Waals surface area contributed by atoms with E-state index in [1.54, 1.807) is 12.1 Å². The van der Waals surface area contributed by atoms with Gasteiger partial charge >= 0.3 is 0 Å². The number of benzene rings is 1. The van der Waals surface area contributed by atoms with Crippen LogP contribution in [0.25, 0.3) is 0 Å². The predicted molar refractivity (Wildman–Crippen MR) is 102 cm³/mol. The van der Waals surface area contributed by atoms with E-state index in [1.807, 2.05) is 12.1 Å². The van der Waals surface area contributed by atoms with Crippen molar-refractivity contribution in [3.63, 3.8) is 0 Å². The van der Waals surface area contributed by atoms with Crippen LogP contribution in [0.4, 0.5) is 5.69 Å². The number of fused-ring (bicyclic) bond motifs is 1. The molecule has 4 rings (SSSR count). The minimum atomic E-state index is -0.394. The summed E-state index contributed by atoms with van der Waals surface area (Å²) < 4.78 is 0.182. The fraction of sp³-hybridized carbons (Fsp3) is 0.562. The van der Waals surface area contributed by atoms with Crippen molar-refractivity contribution in [3.05, 3.63) is 29.3 Å². The Morgan fingerprint density at radius 3 is 2.55 bits per heavy atom. The second-order valence-corrected chi connectivity index (χ2v) is 11.2. The van der Waals surface area contributed by atoms with E-state index >= 15 is 0 Å². The molecule has 0 unspecified atom stereocenters. The van der Waals surface area contributed by atoms with Crippen LogP contribution in [0.1, 0.15) is 26.7 Å². The van der Waals surface area contributed by atoms with E-state index in [1.165, 1.54) is 0 Å². The Bertz CT molecular complexity index is 636. The van der Waals surface area contributed by atoms with Gasteiger partial charge in [0, 0.05) is 21.0 Å². The molecule has 0 saturated heterocycles. The Morgan fingerprint density at radius 2 is 2.05 bits per heavy atom. The molecule has 3 aliphatic rings. The van der Waals surface area contributed by atoms with Gasteiger partial charge < -0.3 is 5.32 Å². The first kappa shape index (κ1) is 17.2. The normalized spacial score (nSPS) is 35.3. The second-order valence-electron chi connectivity index (χ2n) is 6.76. The van der Waals surface area contributed by atoms with Gasteiger partial charge in [0.05, 0.1) is 9.15 Å². The van der Waals surface area contributed by atoms with Crippen molar-refractivity contribution in [2.45, 2.75) is 35.3 Å². The van der Waals surface area contributed by atoms with Crippen LogP contribution in [0.15, 0.2) is 24.3 Å². The van der Waals surface area contributed by atoms with Crippen LogP contribution in [0.3, 0.4) is 0 Å². The summed E-state index contributed by atoms with van der Waals surface area (Å²) in [7, 11) is 0. The molecule has 3 fully saturated rings. The molecular formula is C16H17Br3ClNO. The molecule has 1 N–H and O–H groups in total. The first-order valence-corrected chi connectivity index (χ1v) is 10.3.